The summed E-state index contributed by atoms with van der Waals surface area (Å²) < 4.78 is 39.6. The lowest BCUT2D eigenvalue weighted by molar-refractivity contribution is 0.101. The number of nitrogens with two attached hydrogens (primary N) is 1. The Labute approximate surface area is 117 Å². The minimum absolute atomic E-state index is 0.112. The van der Waals surface area contributed by atoms with E-state index in [9.17, 15) is 18.0 Å². The van der Waals surface area contributed by atoms with Crippen LogP contribution in [0.25, 0.3) is 0 Å². The molecule has 0 fully saturated rings. The van der Waals surface area contributed by atoms with Crippen LogP contribution in [0.15, 0.2) is 30.3 Å². The summed E-state index contributed by atoms with van der Waals surface area (Å²) in [7, 11) is 0. The molecule has 0 saturated carbocycles. The van der Waals surface area contributed by atoms with Gasteiger partial charge < -0.3 is 11.1 Å². The Bertz CT molecular complexity index is 668. The molecule has 0 saturated heterocycles. The van der Waals surface area contributed by atoms with E-state index >= 15 is 0 Å². The fraction of sp³-hybridized carbons (Fsp3) is 0. The maximum atomic E-state index is 13.4. The smallest absolute Gasteiger partial charge is 0.261 e. The van der Waals surface area contributed by atoms with Gasteiger partial charge in [-0.2, -0.15) is 0 Å². The lowest BCUT2D eigenvalue weighted by atomic mass is 10.1. The van der Waals surface area contributed by atoms with Gasteiger partial charge in [0, 0.05) is 17.8 Å². The zero-order chi connectivity index (χ0) is 14.9. The first-order chi connectivity index (χ1) is 9.38. The van der Waals surface area contributed by atoms with Crippen molar-refractivity contribution in [2.24, 2.45) is 0 Å². The fourth-order valence-electron chi connectivity index (χ4n) is 1.58. The maximum Gasteiger partial charge on any atom is 0.261 e. The molecular weight excluding hydrogens is 293 g/mol. The quantitative estimate of drug-likeness (QED) is 0.833. The molecule has 0 aliphatic rings. The van der Waals surface area contributed by atoms with Gasteiger partial charge in [-0.15, -0.1) is 0 Å². The predicted octanol–water partition coefficient (Wildman–Crippen LogP) is 3.59. The van der Waals surface area contributed by atoms with Gasteiger partial charge in [0.2, 0.25) is 0 Å². The summed E-state index contributed by atoms with van der Waals surface area (Å²) in [6, 6.07) is 5.05. The molecular formula is C13H8ClF3N2O. The third-order valence-corrected chi connectivity index (χ3v) is 2.79. The van der Waals surface area contributed by atoms with Crippen molar-refractivity contribution < 1.29 is 18.0 Å². The van der Waals surface area contributed by atoms with Crippen molar-refractivity contribution in [3.8, 4) is 0 Å². The van der Waals surface area contributed by atoms with Gasteiger partial charge in [0.25, 0.3) is 5.91 Å². The lowest BCUT2D eigenvalue weighted by Crippen LogP contribution is -2.16. The molecule has 0 bridgehead atoms. The van der Waals surface area contributed by atoms with E-state index in [2.05, 4.69) is 5.32 Å². The van der Waals surface area contributed by atoms with E-state index in [0.29, 0.717) is 17.8 Å². The van der Waals surface area contributed by atoms with Crippen LogP contribution in [-0.2, 0) is 0 Å². The Morgan fingerprint density at radius 3 is 2.25 bits per heavy atom. The van der Waals surface area contributed by atoms with E-state index in [1.165, 1.54) is 18.2 Å². The number of halogens is 4. The number of rotatable bonds is 2. The van der Waals surface area contributed by atoms with Gasteiger partial charge in [0.15, 0.2) is 0 Å². The summed E-state index contributed by atoms with van der Waals surface area (Å²) in [5.41, 5.74) is 5.09. The predicted molar refractivity (Wildman–Crippen MR) is 70.1 cm³/mol. The standard InChI is InChI=1S/C13H8ClF3N2O/c14-8-5-7(18)1-2-11(8)19-13(20)12-9(16)3-6(15)4-10(12)17/h1-5H,18H2,(H,19,20). The van der Waals surface area contributed by atoms with E-state index in [0.717, 1.165) is 0 Å². The van der Waals surface area contributed by atoms with Crippen molar-refractivity contribution in [3.63, 3.8) is 0 Å². The third-order valence-electron chi connectivity index (χ3n) is 2.48. The zero-order valence-corrected chi connectivity index (χ0v) is 10.6. The van der Waals surface area contributed by atoms with Gasteiger partial charge in [-0.25, -0.2) is 13.2 Å². The average Bonchev–Trinajstić information content (AvgIpc) is 2.31. The minimum atomic E-state index is -1.30. The van der Waals surface area contributed by atoms with Crippen LogP contribution in [0.1, 0.15) is 10.4 Å². The van der Waals surface area contributed by atoms with Gasteiger partial charge in [-0.1, -0.05) is 11.6 Å². The molecule has 1 amide bonds. The van der Waals surface area contributed by atoms with Crippen molar-refractivity contribution in [2.45, 2.75) is 0 Å². The monoisotopic (exact) mass is 300 g/mol. The summed E-state index contributed by atoms with van der Waals surface area (Å²) in [5, 5.41) is 2.34. The van der Waals surface area contributed by atoms with Crippen LogP contribution in [0.5, 0.6) is 0 Å². The van der Waals surface area contributed by atoms with Crippen LogP contribution in [0.4, 0.5) is 24.5 Å². The molecule has 0 aliphatic heterocycles. The van der Waals surface area contributed by atoms with Gasteiger partial charge in [0.1, 0.15) is 23.0 Å². The zero-order valence-electron chi connectivity index (χ0n) is 9.88. The highest BCUT2D eigenvalue weighted by molar-refractivity contribution is 6.34. The second-order valence-corrected chi connectivity index (χ2v) is 4.35. The van der Waals surface area contributed by atoms with Crippen LogP contribution < -0.4 is 11.1 Å². The molecule has 0 spiro atoms. The van der Waals surface area contributed by atoms with E-state index in [-0.39, 0.29) is 10.7 Å². The number of nitrogen functional groups attached to an aromatic ring is 1. The van der Waals surface area contributed by atoms with E-state index in [1.54, 1.807) is 0 Å². The molecule has 2 aromatic carbocycles. The summed E-state index contributed by atoms with van der Waals surface area (Å²) in [6.45, 7) is 0. The molecule has 0 aliphatic carbocycles. The molecule has 3 nitrogen and oxygen atoms in total. The highest BCUT2D eigenvalue weighted by atomic mass is 35.5. The van der Waals surface area contributed by atoms with E-state index in [4.69, 9.17) is 17.3 Å². The number of benzene rings is 2. The van der Waals surface area contributed by atoms with Gasteiger partial charge in [0.05, 0.1) is 10.7 Å². The molecule has 3 N–H and O–H groups in total. The van der Waals surface area contributed by atoms with Gasteiger partial charge in [-0.3, -0.25) is 4.79 Å². The van der Waals surface area contributed by atoms with Crippen molar-refractivity contribution in [2.75, 3.05) is 11.1 Å². The molecule has 104 valence electrons. The molecule has 2 rings (SSSR count). The summed E-state index contributed by atoms with van der Waals surface area (Å²) in [4.78, 5) is 11.8. The Kier molecular flexibility index (Phi) is 3.85. The number of carbonyl (C=O) groups is 1. The van der Waals surface area contributed by atoms with Crippen LogP contribution >= 0.6 is 11.6 Å². The molecule has 20 heavy (non-hydrogen) atoms. The summed E-state index contributed by atoms with van der Waals surface area (Å²) >= 11 is 5.82. The number of carbonyl (C=O) groups excluding carboxylic acids is 1. The highest BCUT2D eigenvalue weighted by Gasteiger charge is 2.19. The number of nitrogens with one attached hydrogen (secondary N) is 1. The second-order valence-electron chi connectivity index (χ2n) is 3.94. The van der Waals surface area contributed by atoms with Gasteiger partial charge >= 0.3 is 0 Å². The molecule has 0 atom stereocenters. The SMILES string of the molecule is Nc1ccc(NC(=O)c2c(F)cc(F)cc2F)c(Cl)c1. The molecule has 0 unspecified atom stereocenters. The minimum Gasteiger partial charge on any atom is -0.399 e. The normalized spacial score (nSPS) is 10.4. The lowest BCUT2D eigenvalue weighted by Gasteiger charge is -2.09. The second kappa shape index (κ2) is 5.42. The first-order valence-corrected chi connectivity index (χ1v) is 5.77. The van der Waals surface area contributed by atoms with Gasteiger partial charge in [-0.05, 0) is 18.2 Å². The molecule has 2 aromatic rings. The highest BCUT2D eigenvalue weighted by Crippen LogP contribution is 2.25. The topological polar surface area (TPSA) is 55.1 Å². The molecule has 0 aromatic heterocycles. The molecule has 0 heterocycles. The van der Waals surface area contributed by atoms with Crippen molar-refractivity contribution in [3.05, 3.63) is 58.4 Å². The third kappa shape index (κ3) is 2.85. The Morgan fingerprint density at radius 1 is 1.10 bits per heavy atom. The van der Waals surface area contributed by atoms with Crippen LogP contribution in [-0.4, -0.2) is 5.91 Å². The summed E-state index contributed by atoms with van der Waals surface area (Å²) in [5.74, 6) is -4.79. The first kappa shape index (κ1) is 14.2. The number of hydrogen-bond donors (Lipinski definition) is 2. The van der Waals surface area contributed by atoms with Crippen molar-refractivity contribution in [1.29, 1.82) is 0 Å². The van der Waals surface area contributed by atoms with Crippen LogP contribution in [0.3, 0.4) is 0 Å². The molecule has 0 radical (unpaired) electrons. The Hall–Kier alpha value is -2.21. The van der Waals surface area contributed by atoms with Crippen molar-refractivity contribution in [1.82, 2.24) is 0 Å². The maximum absolute atomic E-state index is 13.4. The Morgan fingerprint density at radius 2 is 1.70 bits per heavy atom. The van der Waals surface area contributed by atoms with Crippen molar-refractivity contribution >= 4 is 28.9 Å². The van der Waals surface area contributed by atoms with Crippen LogP contribution in [0, 0.1) is 17.5 Å². The Balaban J connectivity index is 2.33. The number of amides is 1. The number of anilines is 2. The van der Waals surface area contributed by atoms with E-state index in [1.807, 2.05) is 0 Å². The first-order valence-electron chi connectivity index (χ1n) is 5.39. The number of hydrogen-bond acceptors (Lipinski definition) is 2. The van der Waals surface area contributed by atoms with Crippen LogP contribution in [0.2, 0.25) is 5.02 Å². The largest absolute Gasteiger partial charge is 0.399 e. The van der Waals surface area contributed by atoms with E-state index < -0.39 is 28.9 Å². The molecule has 7 heteroatoms. The average molecular weight is 301 g/mol. The summed E-state index contributed by atoms with van der Waals surface area (Å²) in [6.07, 6.45) is 0. The fourth-order valence-corrected chi connectivity index (χ4v) is 1.81.